The number of nitro benzene ring substituents is 1. The Morgan fingerprint density at radius 3 is 1.72 bits per heavy atom. The van der Waals surface area contributed by atoms with E-state index in [1.54, 1.807) is 12.1 Å². The van der Waals surface area contributed by atoms with Crippen molar-refractivity contribution in [1.29, 1.82) is 0 Å². The molecule has 2 aromatic rings. The Morgan fingerprint density at radius 1 is 0.875 bits per heavy atom. The fraction of sp³-hybridized carbons (Fsp3) is 0.217. The maximum atomic E-state index is 11.3. The summed E-state index contributed by atoms with van der Waals surface area (Å²) in [6.45, 7) is 7.13. The summed E-state index contributed by atoms with van der Waals surface area (Å²) >= 11 is 0. The molecule has 2 rings (SSSR count). The number of azo groups is 1. The number of non-ortho nitro benzene ring substituents is 1. The quantitative estimate of drug-likeness (QED) is 0.145. The van der Waals surface area contributed by atoms with Crippen LogP contribution in [-0.2, 0) is 19.1 Å². The maximum Gasteiger partial charge on any atom is 0.330 e. The number of nitrogens with zero attached hydrogens (tertiary/aromatic N) is 3. The number of carbonyl (C=O) groups excluding carboxylic acids is 2. The standard InChI is InChI=1S/C23H23N3O6/c1-3-22(27)31-15-13-18(14-16-32-23(28)4-2)17-5-7-19(8-6-17)24-25-20-9-11-21(12-10-20)26(29)30/h3-12,18H,1-2,13-16H2/b25-24+. The summed E-state index contributed by atoms with van der Waals surface area (Å²) < 4.78 is 10.1. The Kier molecular flexibility index (Phi) is 9.45. The van der Waals surface area contributed by atoms with Gasteiger partial charge in [0.25, 0.3) is 5.69 Å². The van der Waals surface area contributed by atoms with Crippen molar-refractivity contribution in [2.24, 2.45) is 10.2 Å². The fourth-order valence-corrected chi connectivity index (χ4v) is 2.77. The lowest BCUT2D eigenvalue weighted by Crippen LogP contribution is -2.11. The van der Waals surface area contributed by atoms with Gasteiger partial charge < -0.3 is 9.47 Å². The molecule has 0 aliphatic rings. The molecule has 0 aromatic heterocycles. The molecule has 0 radical (unpaired) electrons. The van der Waals surface area contributed by atoms with Crippen molar-refractivity contribution in [3.63, 3.8) is 0 Å². The van der Waals surface area contributed by atoms with Crippen molar-refractivity contribution in [3.05, 3.63) is 89.5 Å². The van der Waals surface area contributed by atoms with Crippen LogP contribution in [0.4, 0.5) is 17.1 Å². The molecule has 0 amide bonds. The molecular weight excluding hydrogens is 414 g/mol. The van der Waals surface area contributed by atoms with Gasteiger partial charge in [0.15, 0.2) is 0 Å². The highest BCUT2D eigenvalue weighted by atomic mass is 16.6. The van der Waals surface area contributed by atoms with Gasteiger partial charge in [-0.25, -0.2) is 9.59 Å². The Balaban J connectivity index is 2.04. The molecule has 2 aromatic carbocycles. The zero-order valence-electron chi connectivity index (χ0n) is 17.4. The van der Waals surface area contributed by atoms with Gasteiger partial charge in [-0.05, 0) is 48.6 Å². The Morgan fingerprint density at radius 2 is 1.31 bits per heavy atom. The predicted octanol–water partition coefficient (Wildman–Crippen LogP) is 5.33. The van der Waals surface area contributed by atoms with Crippen LogP contribution >= 0.6 is 0 Å². The molecule has 0 aliphatic heterocycles. The van der Waals surface area contributed by atoms with Crippen LogP contribution in [0.3, 0.4) is 0 Å². The van der Waals surface area contributed by atoms with Crippen LogP contribution in [0.25, 0.3) is 0 Å². The molecule has 32 heavy (non-hydrogen) atoms. The van der Waals surface area contributed by atoms with Gasteiger partial charge >= 0.3 is 11.9 Å². The smallest absolute Gasteiger partial charge is 0.330 e. The molecule has 0 bridgehead atoms. The van der Waals surface area contributed by atoms with Gasteiger partial charge in [0, 0.05) is 24.3 Å². The summed E-state index contributed by atoms with van der Waals surface area (Å²) in [6.07, 6.45) is 3.28. The van der Waals surface area contributed by atoms with Crippen molar-refractivity contribution < 1.29 is 24.0 Å². The third-order valence-electron chi connectivity index (χ3n) is 4.46. The molecule has 0 atom stereocenters. The second-order valence-corrected chi connectivity index (χ2v) is 6.58. The molecule has 0 N–H and O–H groups in total. The summed E-state index contributed by atoms with van der Waals surface area (Å²) in [5, 5.41) is 18.9. The topological polar surface area (TPSA) is 120 Å². The second-order valence-electron chi connectivity index (χ2n) is 6.58. The summed E-state index contributed by atoms with van der Waals surface area (Å²) in [5.74, 6) is -1.02. The summed E-state index contributed by atoms with van der Waals surface area (Å²) in [6, 6.07) is 13.1. The van der Waals surface area contributed by atoms with E-state index in [4.69, 9.17) is 9.47 Å². The number of hydrogen-bond donors (Lipinski definition) is 0. The minimum absolute atomic E-state index is 0.0168. The third-order valence-corrected chi connectivity index (χ3v) is 4.46. The minimum atomic E-state index is -0.496. The largest absolute Gasteiger partial charge is 0.463 e. The van der Waals surface area contributed by atoms with Crippen LogP contribution in [-0.4, -0.2) is 30.1 Å². The lowest BCUT2D eigenvalue weighted by molar-refractivity contribution is -0.384. The van der Waals surface area contributed by atoms with Crippen molar-refractivity contribution in [1.82, 2.24) is 0 Å². The zero-order valence-corrected chi connectivity index (χ0v) is 17.4. The van der Waals surface area contributed by atoms with Crippen molar-refractivity contribution in [3.8, 4) is 0 Å². The Bertz CT molecular complexity index is 958. The molecule has 0 aliphatic carbocycles. The molecular formula is C23H23N3O6. The molecule has 0 fully saturated rings. The van der Waals surface area contributed by atoms with E-state index in [2.05, 4.69) is 23.4 Å². The van der Waals surface area contributed by atoms with Gasteiger partial charge in [-0.3, -0.25) is 10.1 Å². The average molecular weight is 437 g/mol. The van der Waals surface area contributed by atoms with Gasteiger partial charge in [-0.15, -0.1) is 0 Å². The normalized spacial score (nSPS) is 10.7. The highest BCUT2D eigenvalue weighted by Gasteiger charge is 2.14. The van der Waals surface area contributed by atoms with E-state index in [1.165, 1.54) is 24.3 Å². The van der Waals surface area contributed by atoms with Crippen LogP contribution in [0.5, 0.6) is 0 Å². The number of rotatable bonds is 12. The van der Waals surface area contributed by atoms with Gasteiger partial charge in [0.05, 0.1) is 29.5 Å². The van der Waals surface area contributed by atoms with E-state index in [9.17, 15) is 19.7 Å². The van der Waals surface area contributed by atoms with Gasteiger partial charge in [-0.2, -0.15) is 10.2 Å². The average Bonchev–Trinajstić information content (AvgIpc) is 2.82. The number of esters is 2. The van der Waals surface area contributed by atoms with E-state index < -0.39 is 16.9 Å². The van der Waals surface area contributed by atoms with Crippen LogP contribution < -0.4 is 0 Å². The van der Waals surface area contributed by atoms with Crippen molar-refractivity contribution in [2.75, 3.05) is 13.2 Å². The summed E-state index contributed by atoms with van der Waals surface area (Å²) in [5.41, 5.74) is 2.04. The first-order chi connectivity index (χ1) is 15.4. The highest BCUT2D eigenvalue weighted by molar-refractivity contribution is 5.81. The molecule has 9 nitrogen and oxygen atoms in total. The lowest BCUT2D eigenvalue weighted by atomic mass is 9.93. The third kappa shape index (κ3) is 7.94. The van der Waals surface area contributed by atoms with Crippen LogP contribution in [0, 0.1) is 10.1 Å². The predicted molar refractivity (Wildman–Crippen MR) is 118 cm³/mol. The molecule has 0 unspecified atom stereocenters. The Labute approximate surface area is 185 Å². The first-order valence-corrected chi connectivity index (χ1v) is 9.77. The lowest BCUT2D eigenvalue weighted by Gasteiger charge is -2.17. The number of nitro groups is 1. The Hall–Kier alpha value is -4.14. The van der Waals surface area contributed by atoms with Gasteiger partial charge in [-0.1, -0.05) is 25.3 Å². The van der Waals surface area contributed by atoms with Gasteiger partial charge in [0.2, 0.25) is 0 Å². The van der Waals surface area contributed by atoms with E-state index in [0.717, 1.165) is 17.7 Å². The number of carbonyl (C=O) groups is 2. The minimum Gasteiger partial charge on any atom is -0.463 e. The second kappa shape index (κ2) is 12.5. The van der Waals surface area contributed by atoms with Crippen LogP contribution in [0.1, 0.15) is 24.3 Å². The van der Waals surface area contributed by atoms with E-state index in [0.29, 0.717) is 24.2 Å². The first-order valence-electron chi connectivity index (χ1n) is 9.77. The van der Waals surface area contributed by atoms with E-state index in [1.807, 2.05) is 12.1 Å². The fourth-order valence-electron chi connectivity index (χ4n) is 2.77. The SMILES string of the molecule is C=CC(=O)OCCC(CCOC(=O)C=C)c1ccc(/N=N/c2ccc([N+](=O)[O-])cc2)cc1. The number of hydrogen-bond acceptors (Lipinski definition) is 8. The van der Waals surface area contributed by atoms with E-state index in [-0.39, 0.29) is 24.8 Å². The van der Waals surface area contributed by atoms with Crippen LogP contribution in [0.2, 0.25) is 0 Å². The monoisotopic (exact) mass is 437 g/mol. The molecule has 0 saturated heterocycles. The highest BCUT2D eigenvalue weighted by Crippen LogP contribution is 2.27. The molecule has 0 heterocycles. The first kappa shape index (κ1) is 24.1. The maximum absolute atomic E-state index is 11.3. The van der Waals surface area contributed by atoms with Crippen molar-refractivity contribution >= 4 is 29.0 Å². The summed E-state index contributed by atoms with van der Waals surface area (Å²) in [4.78, 5) is 32.8. The molecule has 0 spiro atoms. The number of ether oxygens (including phenoxy) is 2. The zero-order chi connectivity index (χ0) is 23.3. The molecule has 166 valence electrons. The molecule has 0 saturated carbocycles. The number of benzene rings is 2. The van der Waals surface area contributed by atoms with Crippen molar-refractivity contribution in [2.45, 2.75) is 18.8 Å². The van der Waals surface area contributed by atoms with E-state index >= 15 is 0 Å². The van der Waals surface area contributed by atoms with Crippen LogP contribution in [0.15, 0.2) is 84.1 Å². The molecule has 9 heteroatoms. The van der Waals surface area contributed by atoms with Gasteiger partial charge in [0.1, 0.15) is 0 Å². The summed E-state index contributed by atoms with van der Waals surface area (Å²) in [7, 11) is 0.